The van der Waals surface area contributed by atoms with Gasteiger partial charge in [-0.25, -0.2) is 8.78 Å². The summed E-state index contributed by atoms with van der Waals surface area (Å²) in [5.74, 6) is -1.25. The lowest BCUT2D eigenvalue weighted by molar-refractivity contribution is 0.430. The number of nitrogens with one attached hydrogen (secondary N) is 1. The van der Waals surface area contributed by atoms with E-state index in [0.717, 1.165) is 10.9 Å². The number of aromatic nitrogens is 2. The highest BCUT2D eigenvalue weighted by Crippen LogP contribution is 2.38. The number of fused-ring (bicyclic) bond motifs is 1. The minimum absolute atomic E-state index is 0.00452. The highest BCUT2D eigenvalue weighted by Gasteiger charge is 2.20. The van der Waals surface area contributed by atoms with Crippen LogP contribution in [0.4, 0.5) is 8.78 Å². The highest BCUT2D eigenvalue weighted by molar-refractivity contribution is 5.95. The zero-order valence-electron chi connectivity index (χ0n) is 16.3. The second-order valence-electron chi connectivity index (χ2n) is 7.25. The van der Waals surface area contributed by atoms with E-state index in [1.807, 2.05) is 18.2 Å². The van der Waals surface area contributed by atoms with E-state index in [4.69, 9.17) is 4.74 Å². The Morgan fingerprint density at radius 1 is 1.00 bits per heavy atom. The summed E-state index contributed by atoms with van der Waals surface area (Å²) in [6.07, 6.45) is 3.43. The molecule has 4 aromatic rings. The Kier molecular flexibility index (Phi) is 4.70. The summed E-state index contributed by atoms with van der Waals surface area (Å²) in [6.45, 7) is 3.46. The number of hydrogen-bond donors (Lipinski definition) is 1. The molecule has 0 unspecified atom stereocenters. The topological polar surface area (TPSA) is 47.0 Å². The zero-order valence-corrected chi connectivity index (χ0v) is 16.3. The second kappa shape index (κ2) is 7.20. The number of halogens is 2. The molecule has 2 aromatic heterocycles. The molecule has 0 radical (unpaired) electrons. The lowest BCUT2D eigenvalue weighted by Crippen LogP contribution is -2.16. The van der Waals surface area contributed by atoms with Gasteiger partial charge in [0.2, 0.25) is 0 Å². The van der Waals surface area contributed by atoms with Crippen LogP contribution in [0.2, 0.25) is 0 Å². The van der Waals surface area contributed by atoms with Crippen LogP contribution in [0.15, 0.2) is 59.7 Å². The van der Waals surface area contributed by atoms with Crippen molar-refractivity contribution in [2.45, 2.75) is 19.8 Å². The fourth-order valence-electron chi connectivity index (χ4n) is 3.54. The van der Waals surface area contributed by atoms with Crippen molar-refractivity contribution in [1.29, 1.82) is 0 Å². The standard InChI is InChI=1S/C23H20F2N2O2/c1-13(2)20-17(24)8-9-19(21(20)25)29-18-7-5-4-6-14(18)16-12-27(3)23(28)22-15(16)10-11-26-22/h4-13,26H,1-3H3. The fraction of sp³-hybridized carbons (Fsp3) is 0.174. The molecule has 1 N–H and O–H groups in total. The van der Waals surface area contributed by atoms with Gasteiger partial charge in [-0.3, -0.25) is 4.79 Å². The van der Waals surface area contributed by atoms with Crippen LogP contribution in [0.25, 0.3) is 22.0 Å². The van der Waals surface area contributed by atoms with Gasteiger partial charge in [-0.05, 0) is 30.2 Å². The summed E-state index contributed by atoms with van der Waals surface area (Å²) < 4.78 is 36.3. The summed E-state index contributed by atoms with van der Waals surface area (Å²) in [5.41, 5.74) is 1.80. The monoisotopic (exact) mass is 394 g/mol. The number of rotatable bonds is 4. The van der Waals surface area contributed by atoms with Crippen molar-refractivity contribution in [2.75, 3.05) is 0 Å². The molecule has 0 atom stereocenters. The minimum atomic E-state index is -0.706. The molecule has 0 aliphatic rings. The highest BCUT2D eigenvalue weighted by atomic mass is 19.1. The Balaban J connectivity index is 1.87. The van der Waals surface area contributed by atoms with Crippen molar-refractivity contribution >= 4 is 10.9 Å². The van der Waals surface area contributed by atoms with E-state index in [2.05, 4.69) is 4.98 Å². The largest absolute Gasteiger partial charge is 0.454 e. The third-order valence-electron chi connectivity index (χ3n) is 4.96. The fourth-order valence-corrected chi connectivity index (χ4v) is 3.54. The molecule has 0 aliphatic carbocycles. The van der Waals surface area contributed by atoms with Crippen molar-refractivity contribution in [3.63, 3.8) is 0 Å². The lowest BCUT2D eigenvalue weighted by Gasteiger charge is -2.16. The Labute approximate surface area is 166 Å². The van der Waals surface area contributed by atoms with Gasteiger partial charge in [0.1, 0.15) is 17.1 Å². The Hall–Kier alpha value is -3.41. The van der Waals surface area contributed by atoms with E-state index in [1.165, 1.54) is 16.7 Å². The van der Waals surface area contributed by atoms with E-state index in [9.17, 15) is 13.6 Å². The number of nitrogens with zero attached hydrogens (tertiary/aromatic N) is 1. The van der Waals surface area contributed by atoms with Crippen LogP contribution < -0.4 is 10.3 Å². The molecule has 4 rings (SSSR count). The molecule has 2 aromatic carbocycles. The third-order valence-corrected chi connectivity index (χ3v) is 4.96. The summed E-state index contributed by atoms with van der Waals surface area (Å²) in [4.78, 5) is 15.3. The molecular formula is C23H20F2N2O2. The van der Waals surface area contributed by atoms with Crippen LogP contribution in [0.3, 0.4) is 0 Å². The minimum Gasteiger partial charge on any atom is -0.454 e. The molecule has 6 heteroatoms. The van der Waals surface area contributed by atoms with Crippen LogP contribution >= 0.6 is 0 Å². The first-order chi connectivity index (χ1) is 13.9. The molecule has 0 spiro atoms. The Morgan fingerprint density at radius 2 is 1.76 bits per heavy atom. The van der Waals surface area contributed by atoms with Gasteiger partial charge in [-0.1, -0.05) is 32.0 Å². The van der Waals surface area contributed by atoms with Gasteiger partial charge in [-0.15, -0.1) is 0 Å². The number of pyridine rings is 1. The van der Waals surface area contributed by atoms with Gasteiger partial charge in [-0.2, -0.15) is 0 Å². The van der Waals surface area contributed by atoms with Gasteiger partial charge in [0.15, 0.2) is 11.6 Å². The maximum absolute atomic E-state index is 14.9. The second-order valence-corrected chi connectivity index (χ2v) is 7.25. The van der Waals surface area contributed by atoms with Gasteiger partial charge in [0.25, 0.3) is 5.56 Å². The Morgan fingerprint density at radius 3 is 2.52 bits per heavy atom. The summed E-state index contributed by atoms with van der Waals surface area (Å²) >= 11 is 0. The van der Waals surface area contributed by atoms with Crippen molar-refractivity contribution in [1.82, 2.24) is 9.55 Å². The van der Waals surface area contributed by atoms with Gasteiger partial charge in [0.05, 0.1) is 0 Å². The molecular weight excluding hydrogens is 374 g/mol. The molecule has 4 nitrogen and oxygen atoms in total. The average molecular weight is 394 g/mol. The predicted octanol–water partition coefficient (Wildman–Crippen LogP) is 5.73. The van der Waals surface area contributed by atoms with E-state index in [0.29, 0.717) is 16.8 Å². The first kappa shape index (κ1) is 18.9. The number of H-pyrrole nitrogens is 1. The number of aryl methyl sites for hydroxylation is 1. The number of ether oxygens (including phenoxy) is 1. The van der Waals surface area contributed by atoms with Crippen LogP contribution in [-0.4, -0.2) is 9.55 Å². The lowest BCUT2D eigenvalue weighted by atomic mass is 10.0. The van der Waals surface area contributed by atoms with Gasteiger partial charge in [0, 0.05) is 41.5 Å². The quantitative estimate of drug-likeness (QED) is 0.481. The number of hydrogen-bond acceptors (Lipinski definition) is 2. The van der Waals surface area contributed by atoms with Crippen LogP contribution in [0.5, 0.6) is 11.5 Å². The van der Waals surface area contributed by atoms with E-state index in [-0.39, 0.29) is 22.8 Å². The van der Waals surface area contributed by atoms with Crippen LogP contribution in [-0.2, 0) is 7.05 Å². The average Bonchev–Trinajstić information content (AvgIpc) is 3.17. The molecule has 2 heterocycles. The molecule has 0 amide bonds. The SMILES string of the molecule is CC(C)c1c(F)ccc(Oc2ccccc2-c2cn(C)c(=O)c3[nH]ccc23)c1F. The smallest absolute Gasteiger partial charge is 0.274 e. The Bertz CT molecular complexity index is 1270. The molecule has 0 aliphatic heterocycles. The third kappa shape index (κ3) is 3.20. The molecule has 0 saturated heterocycles. The maximum Gasteiger partial charge on any atom is 0.274 e. The summed E-state index contributed by atoms with van der Waals surface area (Å²) in [6, 6.07) is 11.5. The van der Waals surface area contributed by atoms with Crippen molar-refractivity contribution in [3.05, 3.63) is 82.4 Å². The summed E-state index contributed by atoms with van der Waals surface area (Å²) in [7, 11) is 1.67. The zero-order chi connectivity index (χ0) is 20.7. The predicted molar refractivity (Wildman–Crippen MR) is 109 cm³/mol. The van der Waals surface area contributed by atoms with Crippen molar-refractivity contribution in [3.8, 4) is 22.6 Å². The van der Waals surface area contributed by atoms with E-state index >= 15 is 0 Å². The molecule has 0 saturated carbocycles. The summed E-state index contributed by atoms with van der Waals surface area (Å²) in [5, 5.41) is 0.742. The first-order valence-corrected chi connectivity index (χ1v) is 9.30. The molecule has 29 heavy (non-hydrogen) atoms. The van der Waals surface area contributed by atoms with E-state index in [1.54, 1.807) is 45.4 Å². The van der Waals surface area contributed by atoms with Gasteiger partial charge >= 0.3 is 0 Å². The maximum atomic E-state index is 14.9. The number of benzene rings is 2. The van der Waals surface area contributed by atoms with Gasteiger partial charge < -0.3 is 14.3 Å². The van der Waals surface area contributed by atoms with Crippen LogP contribution in [0, 0.1) is 11.6 Å². The molecule has 0 fully saturated rings. The first-order valence-electron chi connectivity index (χ1n) is 9.30. The van der Waals surface area contributed by atoms with E-state index < -0.39 is 11.6 Å². The molecule has 148 valence electrons. The van der Waals surface area contributed by atoms with Crippen molar-refractivity contribution in [2.24, 2.45) is 7.05 Å². The normalized spacial score (nSPS) is 11.4. The van der Waals surface area contributed by atoms with Crippen LogP contribution in [0.1, 0.15) is 25.3 Å². The number of para-hydroxylation sites is 1. The molecule has 0 bridgehead atoms. The van der Waals surface area contributed by atoms with Crippen molar-refractivity contribution < 1.29 is 13.5 Å². The number of aromatic amines is 1.